The van der Waals surface area contributed by atoms with Crippen LogP contribution in [0.15, 0.2) is 138 Å². The third kappa shape index (κ3) is 3.82. The number of furan rings is 1. The first kappa shape index (κ1) is 30.4. The third-order valence-electron chi connectivity index (χ3n) is 11.9. The average molecular weight is 733 g/mol. The van der Waals surface area contributed by atoms with E-state index in [1.807, 2.05) is 0 Å². The Morgan fingerprint density at radius 1 is 0.615 bits per heavy atom. The van der Waals surface area contributed by atoms with E-state index in [1.165, 1.54) is 86.7 Å². The van der Waals surface area contributed by atoms with Gasteiger partial charge in [0.15, 0.2) is 0 Å². The van der Waals surface area contributed by atoms with Crippen molar-refractivity contribution >= 4 is 71.9 Å². The Hall–Kier alpha value is -5.26. The predicted octanol–water partition coefficient (Wildman–Crippen LogP) is 10.6. The van der Waals surface area contributed by atoms with Crippen LogP contribution in [-0.4, -0.2) is 13.3 Å². The van der Waals surface area contributed by atoms with Crippen molar-refractivity contribution in [1.82, 2.24) is 0 Å². The summed E-state index contributed by atoms with van der Waals surface area (Å²) in [4.78, 5) is 0. The zero-order chi connectivity index (χ0) is 35.1. The van der Waals surface area contributed by atoms with Crippen LogP contribution in [0.5, 0.6) is 0 Å². The molecule has 0 N–H and O–H groups in total. The van der Waals surface area contributed by atoms with Gasteiger partial charge in [0, 0.05) is 0 Å². The third-order valence-corrected chi connectivity index (χ3v) is 16.1. The van der Waals surface area contributed by atoms with Gasteiger partial charge in [0.2, 0.25) is 0 Å². The molecule has 2 aliphatic rings. The minimum atomic E-state index is -2.21. The number of benzene rings is 6. The average Bonchev–Trinajstić information content (AvgIpc) is 3.77. The Labute approximate surface area is 306 Å². The number of nitrogens with zero attached hydrogens (tertiary/aromatic N) is 2. The Bertz CT molecular complexity index is 2980. The van der Waals surface area contributed by atoms with Crippen LogP contribution < -0.4 is 13.5 Å². The Balaban J connectivity index is 1.32. The topological polar surface area (TPSA) is 20.9 Å². The van der Waals surface area contributed by atoms with Crippen molar-refractivity contribution in [1.29, 1.82) is 0 Å². The molecule has 52 heavy (non-hydrogen) atoms. The van der Waals surface area contributed by atoms with Crippen LogP contribution in [0.3, 0.4) is 0 Å². The summed E-state index contributed by atoms with van der Waals surface area (Å²) in [6.45, 7) is 4.62. The van der Waals surface area contributed by atoms with Crippen LogP contribution in [0, 0.1) is 5.92 Å². The van der Waals surface area contributed by atoms with E-state index in [2.05, 4.69) is 174 Å². The van der Waals surface area contributed by atoms with Gasteiger partial charge in [0.25, 0.3) is 0 Å². The van der Waals surface area contributed by atoms with Gasteiger partial charge in [-0.25, -0.2) is 0 Å². The molecule has 5 heterocycles. The monoisotopic (exact) mass is 734 g/mol. The van der Waals surface area contributed by atoms with Gasteiger partial charge >= 0.3 is 260 Å². The fourth-order valence-electron chi connectivity index (χ4n) is 9.71. The van der Waals surface area contributed by atoms with Crippen molar-refractivity contribution in [3.63, 3.8) is 0 Å². The molecule has 6 aromatic carbocycles. The molecule has 0 radical (unpaired) electrons. The molecule has 9 aromatic rings. The molecule has 0 saturated carbocycles. The Morgan fingerprint density at radius 2 is 1.29 bits per heavy atom. The molecule has 3 aromatic heterocycles. The molecule has 4 heteroatoms. The molecule has 0 bridgehead atoms. The number of rotatable bonds is 3. The summed E-state index contributed by atoms with van der Waals surface area (Å²) in [5.41, 5.74) is 10.3. The summed E-state index contributed by atoms with van der Waals surface area (Å²) >= 11 is -2.21. The Kier molecular flexibility index (Phi) is 6.09. The van der Waals surface area contributed by atoms with E-state index in [9.17, 15) is 0 Å². The molecule has 1 atom stereocenters. The first-order valence-corrected chi connectivity index (χ1v) is 26.0. The van der Waals surface area contributed by atoms with Gasteiger partial charge in [-0.2, -0.15) is 0 Å². The maximum absolute atomic E-state index is 7.19. The number of pyridine rings is 2. The van der Waals surface area contributed by atoms with Crippen LogP contribution in [0.2, 0.25) is 17.3 Å². The zero-order valence-corrected chi connectivity index (χ0v) is 32.4. The molecular weight excluding hydrogens is 693 g/mol. The number of hydrogen-bond donors (Lipinski definition) is 0. The summed E-state index contributed by atoms with van der Waals surface area (Å²) < 4.78 is 13.8. The fraction of sp³-hybridized carbons (Fsp3) is 0.167. The van der Waals surface area contributed by atoms with E-state index in [0.29, 0.717) is 5.92 Å². The van der Waals surface area contributed by atoms with Crippen molar-refractivity contribution in [2.45, 2.75) is 43.2 Å². The van der Waals surface area contributed by atoms with Crippen LogP contribution in [-0.2, 0) is 12.1 Å². The fourth-order valence-corrected chi connectivity index (χ4v) is 12.0. The van der Waals surface area contributed by atoms with E-state index in [-0.39, 0.29) is 0 Å². The van der Waals surface area contributed by atoms with Crippen molar-refractivity contribution in [3.05, 3.63) is 150 Å². The summed E-state index contributed by atoms with van der Waals surface area (Å²) in [5, 5.41) is 10.0. The minimum absolute atomic E-state index is 0.553. The van der Waals surface area contributed by atoms with Crippen LogP contribution in [0.25, 0.3) is 76.8 Å². The molecule has 11 rings (SSSR count). The standard InChI is InChI=1S/C48H40GeN2O/c1-29(2)26-30-24-25-50-42(27-30)46-40(48(50)39-17-11-10-16-37(39)41-22-18-31(28-51(41)48)49(3,4)5)21-19-38-45-43(52-47(38)46)23-20-36-34-14-7-6-12-32(34)33-13-8-9-15-35(33)44(36)45/h6-25,27-29H,26H2,1-5H3/q+2. The first-order valence-electron chi connectivity index (χ1n) is 18.7. The molecule has 0 amide bonds. The van der Waals surface area contributed by atoms with Crippen molar-refractivity contribution < 1.29 is 13.6 Å². The predicted molar refractivity (Wildman–Crippen MR) is 217 cm³/mol. The van der Waals surface area contributed by atoms with Crippen LogP contribution in [0.1, 0.15) is 30.5 Å². The SMILES string of the molecule is CC(C)Cc1cc[n+]2c(c1)-c1c(ccc3c1oc1ccc4c5ccccc5c5ccccc5c4c13)C21c2ccccc2-c2cc[c]([Ge]([CH3])([CH3])[CH3])c[n+]21. The number of fused-ring (bicyclic) bond motifs is 21. The van der Waals surface area contributed by atoms with Gasteiger partial charge < -0.3 is 0 Å². The van der Waals surface area contributed by atoms with Gasteiger partial charge in [-0.05, 0) is 5.39 Å². The van der Waals surface area contributed by atoms with Crippen molar-refractivity contribution in [3.8, 4) is 22.5 Å². The van der Waals surface area contributed by atoms with Crippen molar-refractivity contribution in [2.24, 2.45) is 5.92 Å². The zero-order valence-electron chi connectivity index (χ0n) is 30.3. The summed E-state index contributed by atoms with van der Waals surface area (Å²) in [7, 11) is 0. The molecule has 0 fully saturated rings. The molecular formula is C48H40GeN2O+2. The molecule has 3 nitrogen and oxygen atoms in total. The van der Waals surface area contributed by atoms with Gasteiger partial charge in [-0.15, -0.1) is 0 Å². The van der Waals surface area contributed by atoms with Crippen LogP contribution in [0.4, 0.5) is 0 Å². The van der Waals surface area contributed by atoms with E-state index < -0.39 is 18.9 Å². The normalized spacial score (nSPS) is 16.1. The van der Waals surface area contributed by atoms with Gasteiger partial charge in [0.05, 0.1) is 0 Å². The second-order valence-electron chi connectivity index (χ2n) is 16.4. The van der Waals surface area contributed by atoms with Gasteiger partial charge in [0.1, 0.15) is 0 Å². The first-order chi connectivity index (χ1) is 25.2. The van der Waals surface area contributed by atoms with E-state index in [0.717, 1.165) is 17.6 Å². The molecule has 250 valence electrons. The Morgan fingerprint density at radius 3 is 2.04 bits per heavy atom. The number of hydrogen-bond acceptors (Lipinski definition) is 1. The quantitative estimate of drug-likeness (QED) is 0.101. The second kappa shape index (κ2) is 10.4. The maximum atomic E-state index is 7.19. The van der Waals surface area contributed by atoms with Gasteiger partial charge in [-0.1, -0.05) is 42.5 Å². The molecule has 1 spiro atoms. The molecule has 0 aliphatic carbocycles. The van der Waals surface area contributed by atoms with E-state index in [4.69, 9.17) is 4.42 Å². The molecule has 0 saturated heterocycles. The van der Waals surface area contributed by atoms with E-state index >= 15 is 0 Å². The van der Waals surface area contributed by atoms with Gasteiger partial charge in [-0.3, -0.25) is 0 Å². The molecule has 1 unspecified atom stereocenters. The van der Waals surface area contributed by atoms with Crippen LogP contribution >= 0.6 is 0 Å². The summed E-state index contributed by atoms with van der Waals surface area (Å²) in [6.07, 6.45) is 5.88. The summed E-state index contributed by atoms with van der Waals surface area (Å²) in [5.74, 6) is 8.04. The summed E-state index contributed by atoms with van der Waals surface area (Å²) in [6, 6.07) is 45.6. The molecule has 2 aliphatic heterocycles. The second-order valence-corrected chi connectivity index (χ2v) is 27.1. The van der Waals surface area contributed by atoms with Crippen molar-refractivity contribution in [2.75, 3.05) is 0 Å². The van der Waals surface area contributed by atoms with E-state index in [1.54, 1.807) is 0 Å². The number of aromatic nitrogens is 2.